The lowest BCUT2D eigenvalue weighted by molar-refractivity contribution is 0.475. The van der Waals surface area contributed by atoms with Gasteiger partial charge in [-0.15, -0.1) is 0 Å². The summed E-state index contributed by atoms with van der Waals surface area (Å²) in [5, 5.41) is 13.0. The number of phenols is 1. The summed E-state index contributed by atoms with van der Waals surface area (Å²) in [6.45, 7) is 0.894. The predicted molar refractivity (Wildman–Crippen MR) is 50.4 cm³/mol. The largest absolute Gasteiger partial charge is 0.508 e. The Kier molecular flexibility index (Phi) is 3.23. The molecule has 11 heavy (non-hydrogen) atoms. The van der Waals surface area contributed by atoms with Gasteiger partial charge < -0.3 is 10.4 Å². The van der Waals surface area contributed by atoms with E-state index in [0.29, 0.717) is 5.75 Å². The molecule has 0 amide bonds. The van der Waals surface area contributed by atoms with Gasteiger partial charge in [0.15, 0.2) is 0 Å². The Bertz CT molecular complexity index is 210. The third-order valence-corrected chi connectivity index (χ3v) is 1.69. The Morgan fingerprint density at radius 2 is 1.91 bits per heavy atom. The van der Waals surface area contributed by atoms with Crippen LogP contribution in [0.3, 0.4) is 0 Å². The van der Waals surface area contributed by atoms with Crippen molar-refractivity contribution >= 4 is 21.6 Å². The zero-order chi connectivity index (χ0) is 8.10. The van der Waals surface area contributed by atoms with Crippen LogP contribution in [-0.2, 0) is 0 Å². The summed E-state index contributed by atoms with van der Waals surface area (Å²) in [6.07, 6.45) is 0. The molecule has 0 aliphatic heterocycles. The molecule has 0 saturated heterocycles. The van der Waals surface area contributed by atoms with Crippen LogP contribution in [0.1, 0.15) is 0 Å². The number of hydrogen-bond donors (Lipinski definition) is 2. The molecule has 60 valence electrons. The van der Waals surface area contributed by atoms with Crippen molar-refractivity contribution in [2.45, 2.75) is 0 Å². The summed E-state index contributed by atoms with van der Waals surface area (Å²) in [6, 6.07) is 7.02. The highest BCUT2D eigenvalue weighted by Gasteiger charge is 1.89. The Morgan fingerprint density at radius 3 is 2.45 bits per heavy atom. The van der Waals surface area contributed by atoms with E-state index in [1.165, 1.54) is 0 Å². The zero-order valence-corrected chi connectivity index (χ0v) is 7.63. The zero-order valence-electron chi connectivity index (χ0n) is 6.05. The lowest BCUT2D eigenvalue weighted by atomic mass is 10.3. The number of rotatable bonds is 3. The molecule has 1 aromatic carbocycles. The minimum Gasteiger partial charge on any atom is -0.508 e. The van der Waals surface area contributed by atoms with E-state index in [1.54, 1.807) is 12.1 Å². The van der Waals surface area contributed by atoms with Gasteiger partial charge in [0.1, 0.15) is 5.75 Å². The Morgan fingerprint density at radius 1 is 1.27 bits per heavy atom. The second-order valence-electron chi connectivity index (χ2n) is 2.16. The van der Waals surface area contributed by atoms with Gasteiger partial charge in [-0.3, -0.25) is 0 Å². The second kappa shape index (κ2) is 4.23. The topological polar surface area (TPSA) is 32.3 Å². The van der Waals surface area contributed by atoms with Crippen molar-refractivity contribution in [1.82, 2.24) is 0 Å². The molecule has 2 N–H and O–H groups in total. The highest BCUT2D eigenvalue weighted by Crippen LogP contribution is 2.13. The molecule has 0 heterocycles. The van der Waals surface area contributed by atoms with Crippen LogP contribution in [0, 0.1) is 0 Å². The van der Waals surface area contributed by atoms with Crippen LogP contribution in [-0.4, -0.2) is 17.0 Å². The van der Waals surface area contributed by atoms with Crippen LogP contribution in [0.5, 0.6) is 5.75 Å². The van der Waals surface area contributed by atoms with E-state index in [0.717, 1.165) is 17.6 Å². The van der Waals surface area contributed by atoms with Gasteiger partial charge in [0.25, 0.3) is 0 Å². The molecule has 3 heteroatoms. The summed E-state index contributed by atoms with van der Waals surface area (Å²) >= 11 is 3.31. The number of phenolic OH excluding ortho intramolecular Hbond substituents is 1. The quantitative estimate of drug-likeness (QED) is 0.599. The number of halogens is 1. The summed E-state index contributed by atoms with van der Waals surface area (Å²) in [5.74, 6) is 0.300. The molecule has 0 aliphatic carbocycles. The maximum Gasteiger partial charge on any atom is 0.115 e. The van der Waals surface area contributed by atoms with Crippen LogP contribution in [0.15, 0.2) is 24.3 Å². The van der Waals surface area contributed by atoms with Crippen LogP contribution >= 0.6 is 15.9 Å². The average Bonchev–Trinajstić information content (AvgIpc) is 2.04. The molecule has 0 saturated carbocycles. The van der Waals surface area contributed by atoms with Crippen molar-refractivity contribution in [3.8, 4) is 5.75 Å². The van der Waals surface area contributed by atoms with E-state index in [-0.39, 0.29) is 0 Å². The lowest BCUT2D eigenvalue weighted by Crippen LogP contribution is -2.01. The van der Waals surface area contributed by atoms with E-state index < -0.39 is 0 Å². The SMILES string of the molecule is Oc1ccc(NCCBr)cc1. The van der Waals surface area contributed by atoms with E-state index >= 15 is 0 Å². The van der Waals surface area contributed by atoms with E-state index in [9.17, 15) is 0 Å². The molecule has 2 nitrogen and oxygen atoms in total. The predicted octanol–water partition coefficient (Wildman–Crippen LogP) is 2.20. The molecule has 0 atom stereocenters. The van der Waals surface area contributed by atoms with Crippen molar-refractivity contribution in [2.24, 2.45) is 0 Å². The number of benzene rings is 1. The fourth-order valence-corrected chi connectivity index (χ4v) is 0.969. The van der Waals surface area contributed by atoms with Crippen molar-refractivity contribution in [1.29, 1.82) is 0 Å². The summed E-state index contributed by atoms with van der Waals surface area (Å²) in [4.78, 5) is 0. The summed E-state index contributed by atoms with van der Waals surface area (Å²) in [7, 11) is 0. The highest BCUT2D eigenvalue weighted by molar-refractivity contribution is 9.09. The molecule has 0 radical (unpaired) electrons. The first kappa shape index (κ1) is 8.40. The molecule has 0 aliphatic rings. The molecular formula is C8H10BrNO. The third kappa shape index (κ3) is 2.80. The van der Waals surface area contributed by atoms with E-state index in [2.05, 4.69) is 21.2 Å². The molecule has 1 rings (SSSR count). The molecule has 1 aromatic rings. The fourth-order valence-electron chi connectivity index (χ4n) is 0.771. The van der Waals surface area contributed by atoms with Crippen molar-refractivity contribution in [2.75, 3.05) is 17.2 Å². The van der Waals surface area contributed by atoms with Crippen LogP contribution in [0.4, 0.5) is 5.69 Å². The Labute approximate surface area is 74.4 Å². The van der Waals surface area contributed by atoms with E-state index in [1.807, 2.05) is 12.1 Å². The molecule has 0 fully saturated rings. The van der Waals surface area contributed by atoms with Gasteiger partial charge in [-0.1, -0.05) is 15.9 Å². The second-order valence-corrected chi connectivity index (χ2v) is 2.96. The van der Waals surface area contributed by atoms with Gasteiger partial charge in [-0.25, -0.2) is 0 Å². The van der Waals surface area contributed by atoms with Crippen molar-refractivity contribution in [3.63, 3.8) is 0 Å². The van der Waals surface area contributed by atoms with Crippen molar-refractivity contribution < 1.29 is 5.11 Å². The molecule has 0 spiro atoms. The Balaban J connectivity index is 2.52. The Hall–Kier alpha value is -0.700. The maximum absolute atomic E-state index is 8.95. The van der Waals surface area contributed by atoms with Crippen molar-refractivity contribution in [3.05, 3.63) is 24.3 Å². The lowest BCUT2D eigenvalue weighted by Gasteiger charge is -2.02. The number of nitrogens with one attached hydrogen (secondary N) is 1. The standard InChI is InChI=1S/C8H10BrNO/c9-5-6-10-7-1-3-8(11)4-2-7/h1-4,10-11H,5-6H2. The van der Waals surface area contributed by atoms with Gasteiger partial charge >= 0.3 is 0 Å². The summed E-state index contributed by atoms with van der Waals surface area (Å²) < 4.78 is 0. The number of aromatic hydroxyl groups is 1. The number of anilines is 1. The van der Waals surface area contributed by atoms with Crippen LogP contribution in [0.2, 0.25) is 0 Å². The van der Waals surface area contributed by atoms with E-state index in [4.69, 9.17) is 5.11 Å². The third-order valence-electron chi connectivity index (χ3n) is 1.29. The van der Waals surface area contributed by atoms with Gasteiger partial charge in [-0.2, -0.15) is 0 Å². The van der Waals surface area contributed by atoms with Gasteiger partial charge in [0.2, 0.25) is 0 Å². The average molecular weight is 216 g/mol. The number of alkyl halides is 1. The highest BCUT2D eigenvalue weighted by atomic mass is 79.9. The minimum absolute atomic E-state index is 0.300. The molecular weight excluding hydrogens is 206 g/mol. The first-order chi connectivity index (χ1) is 5.33. The van der Waals surface area contributed by atoms with Crippen LogP contribution in [0.25, 0.3) is 0 Å². The van der Waals surface area contributed by atoms with Gasteiger partial charge in [0.05, 0.1) is 0 Å². The van der Waals surface area contributed by atoms with Crippen LogP contribution < -0.4 is 5.32 Å². The molecule has 0 unspecified atom stereocenters. The van der Waals surface area contributed by atoms with Gasteiger partial charge in [0, 0.05) is 17.6 Å². The maximum atomic E-state index is 8.95. The summed E-state index contributed by atoms with van der Waals surface area (Å²) in [5.41, 5.74) is 1.03. The fraction of sp³-hybridized carbons (Fsp3) is 0.250. The van der Waals surface area contributed by atoms with Gasteiger partial charge in [-0.05, 0) is 24.3 Å². The monoisotopic (exact) mass is 215 g/mol. The molecule has 0 bridgehead atoms. The number of hydrogen-bond acceptors (Lipinski definition) is 2. The normalized spacial score (nSPS) is 9.55. The molecule has 0 aromatic heterocycles. The first-order valence-electron chi connectivity index (χ1n) is 3.42. The smallest absolute Gasteiger partial charge is 0.115 e. The first-order valence-corrected chi connectivity index (χ1v) is 4.54. The minimum atomic E-state index is 0.300.